The molecule has 3 nitrogen and oxygen atoms in total. The van der Waals surface area contributed by atoms with Gasteiger partial charge in [-0.1, -0.05) is 25.0 Å². The SMILES string of the molecule is O=C(NC1(CO)CCCC1)c1ccccc1F. The van der Waals surface area contributed by atoms with Crippen molar-refractivity contribution in [3.63, 3.8) is 0 Å². The fraction of sp³-hybridized carbons (Fsp3) is 0.462. The Bertz CT molecular complexity index is 414. The first-order valence-electron chi connectivity index (χ1n) is 5.85. The Balaban J connectivity index is 2.14. The van der Waals surface area contributed by atoms with Crippen LogP contribution in [0.1, 0.15) is 36.0 Å². The number of hydrogen-bond donors (Lipinski definition) is 2. The Morgan fingerprint density at radius 3 is 2.59 bits per heavy atom. The molecule has 0 saturated heterocycles. The molecule has 1 aromatic rings. The largest absolute Gasteiger partial charge is 0.394 e. The van der Waals surface area contributed by atoms with E-state index in [1.54, 1.807) is 12.1 Å². The predicted molar refractivity (Wildman–Crippen MR) is 62.2 cm³/mol. The van der Waals surface area contributed by atoms with Crippen LogP contribution in [0.2, 0.25) is 0 Å². The highest BCUT2D eigenvalue weighted by atomic mass is 19.1. The number of amides is 1. The second kappa shape index (κ2) is 4.84. The van der Waals surface area contributed by atoms with Gasteiger partial charge in [-0.15, -0.1) is 0 Å². The van der Waals surface area contributed by atoms with E-state index in [1.165, 1.54) is 12.1 Å². The normalized spacial score (nSPS) is 18.0. The maximum Gasteiger partial charge on any atom is 0.254 e. The van der Waals surface area contributed by atoms with Crippen LogP contribution in [0.25, 0.3) is 0 Å². The number of aliphatic hydroxyl groups is 1. The van der Waals surface area contributed by atoms with E-state index in [0.29, 0.717) is 0 Å². The van der Waals surface area contributed by atoms with Gasteiger partial charge in [-0.05, 0) is 25.0 Å². The van der Waals surface area contributed by atoms with Crippen LogP contribution in [-0.4, -0.2) is 23.2 Å². The minimum Gasteiger partial charge on any atom is -0.394 e. The summed E-state index contributed by atoms with van der Waals surface area (Å²) in [7, 11) is 0. The summed E-state index contributed by atoms with van der Waals surface area (Å²) in [6.45, 7) is -0.0901. The summed E-state index contributed by atoms with van der Waals surface area (Å²) >= 11 is 0. The fourth-order valence-electron chi connectivity index (χ4n) is 2.33. The fourth-order valence-corrected chi connectivity index (χ4v) is 2.33. The number of carbonyl (C=O) groups excluding carboxylic acids is 1. The monoisotopic (exact) mass is 237 g/mol. The molecule has 0 radical (unpaired) electrons. The van der Waals surface area contributed by atoms with Crippen molar-refractivity contribution in [3.05, 3.63) is 35.6 Å². The standard InChI is InChI=1S/C13H16FNO2/c14-11-6-2-1-5-10(11)12(17)15-13(9-16)7-3-4-8-13/h1-2,5-6,16H,3-4,7-9H2,(H,15,17). The van der Waals surface area contributed by atoms with Crippen molar-refractivity contribution in [2.24, 2.45) is 0 Å². The molecule has 1 aliphatic carbocycles. The Morgan fingerprint density at radius 1 is 1.35 bits per heavy atom. The molecule has 1 amide bonds. The van der Waals surface area contributed by atoms with E-state index in [0.717, 1.165) is 25.7 Å². The van der Waals surface area contributed by atoms with Gasteiger partial charge < -0.3 is 10.4 Å². The molecule has 0 heterocycles. The minimum absolute atomic E-state index is 0.0345. The second-order valence-electron chi connectivity index (χ2n) is 4.58. The molecule has 1 saturated carbocycles. The average molecular weight is 237 g/mol. The highest BCUT2D eigenvalue weighted by Gasteiger charge is 2.35. The summed E-state index contributed by atoms with van der Waals surface area (Å²) in [6, 6.07) is 5.88. The first-order chi connectivity index (χ1) is 8.17. The summed E-state index contributed by atoms with van der Waals surface area (Å²) in [4.78, 5) is 11.9. The first-order valence-corrected chi connectivity index (χ1v) is 5.85. The Hall–Kier alpha value is -1.42. The van der Waals surface area contributed by atoms with Crippen LogP contribution in [-0.2, 0) is 0 Å². The van der Waals surface area contributed by atoms with Crippen molar-refractivity contribution in [1.82, 2.24) is 5.32 Å². The van der Waals surface area contributed by atoms with Crippen LogP contribution >= 0.6 is 0 Å². The number of carbonyl (C=O) groups is 1. The Labute approximate surface area is 99.7 Å². The highest BCUT2D eigenvalue weighted by molar-refractivity contribution is 5.95. The van der Waals surface area contributed by atoms with Gasteiger partial charge in [0.2, 0.25) is 0 Å². The van der Waals surface area contributed by atoms with Crippen molar-refractivity contribution in [2.75, 3.05) is 6.61 Å². The summed E-state index contributed by atoms with van der Waals surface area (Å²) in [6.07, 6.45) is 3.48. The smallest absolute Gasteiger partial charge is 0.254 e. The number of hydrogen-bond acceptors (Lipinski definition) is 2. The van der Waals surface area contributed by atoms with Gasteiger partial charge in [0.05, 0.1) is 17.7 Å². The number of benzene rings is 1. The maximum atomic E-state index is 13.4. The van der Waals surface area contributed by atoms with Crippen molar-refractivity contribution in [2.45, 2.75) is 31.2 Å². The lowest BCUT2D eigenvalue weighted by Crippen LogP contribution is -2.49. The highest BCUT2D eigenvalue weighted by Crippen LogP contribution is 2.29. The Kier molecular flexibility index (Phi) is 3.43. The zero-order valence-electron chi connectivity index (χ0n) is 9.58. The predicted octanol–water partition coefficient (Wildman–Crippen LogP) is 1.86. The molecular formula is C13H16FNO2. The second-order valence-corrected chi connectivity index (χ2v) is 4.58. The van der Waals surface area contributed by atoms with Gasteiger partial charge in [0, 0.05) is 0 Å². The summed E-state index contributed by atoms with van der Waals surface area (Å²) in [5.41, 5.74) is -0.522. The number of halogens is 1. The van der Waals surface area contributed by atoms with Crippen LogP contribution in [0.3, 0.4) is 0 Å². The van der Waals surface area contributed by atoms with Gasteiger partial charge in [0.15, 0.2) is 0 Å². The molecule has 2 rings (SSSR count). The quantitative estimate of drug-likeness (QED) is 0.843. The van der Waals surface area contributed by atoms with Crippen LogP contribution in [0.4, 0.5) is 4.39 Å². The summed E-state index contributed by atoms with van der Waals surface area (Å²) < 4.78 is 13.4. The lowest BCUT2D eigenvalue weighted by molar-refractivity contribution is 0.0834. The summed E-state index contributed by atoms with van der Waals surface area (Å²) in [5.74, 6) is -0.977. The molecule has 1 fully saturated rings. The molecule has 2 N–H and O–H groups in total. The van der Waals surface area contributed by atoms with E-state index in [9.17, 15) is 14.3 Å². The molecule has 92 valence electrons. The summed E-state index contributed by atoms with van der Waals surface area (Å²) in [5, 5.41) is 12.1. The third-order valence-corrected chi connectivity index (χ3v) is 3.36. The first kappa shape index (κ1) is 12.0. The van der Waals surface area contributed by atoms with Gasteiger partial charge in [-0.25, -0.2) is 4.39 Å². The average Bonchev–Trinajstić information content (AvgIpc) is 2.79. The number of rotatable bonds is 3. The van der Waals surface area contributed by atoms with Crippen LogP contribution < -0.4 is 5.32 Å². The van der Waals surface area contributed by atoms with Crippen molar-refractivity contribution < 1.29 is 14.3 Å². The topological polar surface area (TPSA) is 49.3 Å². The van der Waals surface area contributed by atoms with E-state index >= 15 is 0 Å². The molecule has 1 aliphatic rings. The van der Waals surface area contributed by atoms with E-state index in [2.05, 4.69) is 5.32 Å². The van der Waals surface area contributed by atoms with E-state index < -0.39 is 17.3 Å². The number of nitrogens with one attached hydrogen (secondary N) is 1. The van der Waals surface area contributed by atoms with Crippen LogP contribution in [0.5, 0.6) is 0 Å². The molecule has 0 aliphatic heterocycles. The van der Waals surface area contributed by atoms with Gasteiger partial charge in [0.25, 0.3) is 5.91 Å². The van der Waals surface area contributed by atoms with Crippen molar-refractivity contribution in [1.29, 1.82) is 0 Å². The van der Waals surface area contributed by atoms with Crippen molar-refractivity contribution in [3.8, 4) is 0 Å². The molecule has 0 spiro atoms. The molecule has 0 aromatic heterocycles. The molecule has 1 aromatic carbocycles. The molecule has 17 heavy (non-hydrogen) atoms. The lowest BCUT2D eigenvalue weighted by atomic mass is 9.98. The van der Waals surface area contributed by atoms with Gasteiger partial charge >= 0.3 is 0 Å². The lowest BCUT2D eigenvalue weighted by Gasteiger charge is -2.28. The van der Waals surface area contributed by atoms with Crippen LogP contribution in [0, 0.1) is 5.82 Å². The van der Waals surface area contributed by atoms with Gasteiger partial charge in [0.1, 0.15) is 5.82 Å². The third kappa shape index (κ3) is 2.47. The molecule has 0 bridgehead atoms. The minimum atomic E-state index is -0.556. The molecule has 4 heteroatoms. The van der Waals surface area contributed by atoms with Gasteiger partial charge in [-0.3, -0.25) is 4.79 Å². The van der Waals surface area contributed by atoms with E-state index in [1.807, 2.05) is 0 Å². The zero-order valence-corrected chi connectivity index (χ0v) is 9.58. The van der Waals surface area contributed by atoms with E-state index in [-0.39, 0.29) is 12.2 Å². The van der Waals surface area contributed by atoms with Gasteiger partial charge in [-0.2, -0.15) is 0 Å². The molecule has 0 unspecified atom stereocenters. The van der Waals surface area contributed by atoms with Crippen molar-refractivity contribution >= 4 is 5.91 Å². The maximum absolute atomic E-state index is 13.4. The zero-order chi connectivity index (χ0) is 12.3. The van der Waals surface area contributed by atoms with E-state index in [4.69, 9.17) is 0 Å². The Morgan fingerprint density at radius 2 is 2.00 bits per heavy atom. The van der Waals surface area contributed by atoms with Crippen LogP contribution in [0.15, 0.2) is 24.3 Å². The molecule has 0 atom stereocenters. The third-order valence-electron chi connectivity index (χ3n) is 3.36. The molecular weight excluding hydrogens is 221 g/mol. The number of aliphatic hydroxyl groups excluding tert-OH is 1.